The number of hydrogen-bond donors (Lipinski definition) is 0. The Balaban J connectivity index is 1.36. The van der Waals surface area contributed by atoms with Crippen molar-refractivity contribution in [2.45, 2.75) is 0 Å². The van der Waals surface area contributed by atoms with Gasteiger partial charge in [0.25, 0.3) is 0 Å². The van der Waals surface area contributed by atoms with Crippen LogP contribution in [0, 0.1) is 0 Å². The van der Waals surface area contributed by atoms with Crippen LogP contribution in [-0.4, -0.2) is 19.5 Å². The zero-order valence-electron chi connectivity index (χ0n) is 23.6. The maximum atomic E-state index is 6.82. The van der Waals surface area contributed by atoms with Gasteiger partial charge in [-0.2, -0.15) is 0 Å². The van der Waals surface area contributed by atoms with Gasteiger partial charge in [0.05, 0.1) is 11.0 Å². The quantitative estimate of drug-likeness (QED) is 0.202. The van der Waals surface area contributed by atoms with Crippen molar-refractivity contribution < 1.29 is 0 Å². The summed E-state index contributed by atoms with van der Waals surface area (Å²) in [6.07, 6.45) is 0. The third-order valence-corrected chi connectivity index (χ3v) is 8.10. The summed E-state index contributed by atoms with van der Waals surface area (Å²) in [7, 11) is 0. The molecule has 8 aromatic rings. The van der Waals surface area contributed by atoms with Gasteiger partial charge in [0.1, 0.15) is 0 Å². The summed E-state index contributed by atoms with van der Waals surface area (Å²) >= 11 is 6.82. The van der Waals surface area contributed by atoms with E-state index in [2.05, 4.69) is 89.5 Å². The van der Waals surface area contributed by atoms with Crippen LogP contribution >= 0.6 is 11.6 Å². The maximum Gasteiger partial charge on any atom is 0.164 e. The predicted octanol–water partition coefficient (Wildman–Crippen LogP) is 10.3. The van der Waals surface area contributed by atoms with E-state index in [1.54, 1.807) is 0 Å². The molecule has 44 heavy (non-hydrogen) atoms. The van der Waals surface area contributed by atoms with E-state index in [4.69, 9.17) is 26.6 Å². The number of halogens is 1. The Labute approximate surface area is 259 Å². The van der Waals surface area contributed by atoms with Crippen molar-refractivity contribution in [2.24, 2.45) is 0 Å². The van der Waals surface area contributed by atoms with Crippen LogP contribution in [0.4, 0.5) is 0 Å². The molecular formula is C39H25ClN4. The first-order valence-electron chi connectivity index (χ1n) is 14.5. The van der Waals surface area contributed by atoms with Gasteiger partial charge in [-0.05, 0) is 42.0 Å². The van der Waals surface area contributed by atoms with Crippen molar-refractivity contribution in [3.63, 3.8) is 0 Å². The minimum Gasteiger partial charge on any atom is -0.309 e. The van der Waals surface area contributed by atoms with Crippen molar-refractivity contribution in [3.8, 4) is 51.0 Å². The van der Waals surface area contributed by atoms with Crippen LogP contribution in [0.25, 0.3) is 72.8 Å². The molecule has 0 spiro atoms. The van der Waals surface area contributed by atoms with Crippen molar-refractivity contribution in [1.82, 2.24) is 19.5 Å². The van der Waals surface area contributed by atoms with Crippen LogP contribution in [0.1, 0.15) is 0 Å². The van der Waals surface area contributed by atoms with Crippen molar-refractivity contribution >= 4 is 33.4 Å². The molecule has 0 saturated heterocycles. The zero-order chi connectivity index (χ0) is 29.5. The number of aromatic nitrogens is 4. The molecule has 6 aromatic carbocycles. The Kier molecular flexibility index (Phi) is 6.47. The third kappa shape index (κ3) is 4.62. The van der Waals surface area contributed by atoms with Gasteiger partial charge in [-0.15, -0.1) is 0 Å². The van der Waals surface area contributed by atoms with Crippen LogP contribution in [0.3, 0.4) is 0 Å². The Hall–Kier alpha value is -5.58. The Morgan fingerprint density at radius 3 is 1.61 bits per heavy atom. The van der Waals surface area contributed by atoms with Gasteiger partial charge in [-0.3, -0.25) is 0 Å². The molecule has 0 unspecified atom stereocenters. The summed E-state index contributed by atoms with van der Waals surface area (Å²) in [4.78, 5) is 14.8. The van der Waals surface area contributed by atoms with E-state index in [-0.39, 0.29) is 0 Å². The predicted molar refractivity (Wildman–Crippen MR) is 181 cm³/mol. The van der Waals surface area contributed by atoms with Crippen LogP contribution in [-0.2, 0) is 0 Å². The summed E-state index contributed by atoms with van der Waals surface area (Å²) < 4.78 is 2.33. The fourth-order valence-electron chi connectivity index (χ4n) is 5.89. The molecule has 0 bridgehead atoms. The lowest BCUT2D eigenvalue weighted by molar-refractivity contribution is 1.07. The zero-order valence-corrected chi connectivity index (χ0v) is 24.4. The molecule has 0 atom stereocenters. The molecule has 0 amide bonds. The Morgan fingerprint density at radius 2 is 0.955 bits per heavy atom. The monoisotopic (exact) mass is 584 g/mol. The fourth-order valence-corrected chi connectivity index (χ4v) is 6.11. The lowest BCUT2D eigenvalue weighted by Gasteiger charge is -2.13. The molecule has 8 rings (SSSR count). The van der Waals surface area contributed by atoms with Gasteiger partial charge in [0.2, 0.25) is 0 Å². The maximum absolute atomic E-state index is 6.82. The number of hydrogen-bond acceptors (Lipinski definition) is 3. The van der Waals surface area contributed by atoms with Crippen LogP contribution in [0.15, 0.2) is 152 Å². The second kappa shape index (κ2) is 10.9. The van der Waals surface area contributed by atoms with E-state index in [0.29, 0.717) is 22.5 Å². The first kappa shape index (κ1) is 26.1. The topological polar surface area (TPSA) is 43.6 Å². The van der Waals surface area contributed by atoms with E-state index in [1.807, 2.05) is 66.7 Å². The van der Waals surface area contributed by atoms with Crippen molar-refractivity contribution in [1.29, 1.82) is 0 Å². The minimum atomic E-state index is 0.612. The molecule has 4 nitrogen and oxygen atoms in total. The number of rotatable bonds is 5. The number of para-hydroxylation sites is 2. The lowest BCUT2D eigenvalue weighted by atomic mass is 9.99. The average molecular weight is 585 g/mol. The van der Waals surface area contributed by atoms with Gasteiger partial charge in [-0.1, -0.05) is 127 Å². The molecule has 208 valence electrons. The smallest absolute Gasteiger partial charge is 0.164 e. The lowest BCUT2D eigenvalue weighted by Crippen LogP contribution is -2.00. The average Bonchev–Trinajstić information content (AvgIpc) is 3.43. The number of nitrogens with zero attached hydrogens (tertiary/aromatic N) is 4. The second-order valence-electron chi connectivity index (χ2n) is 10.7. The van der Waals surface area contributed by atoms with Gasteiger partial charge in [-0.25, -0.2) is 15.0 Å². The molecule has 0 saturated carbocycles. The fraction of sp³-hybridized carbons (Fsp3) is 0. The van der Waals surface area contributed by atoms with E-state index in [9.17, 15) is 0 Å². The van der Waals surface area contributed by atoms with E-state index in [0.717, 1.165) is 55.3 Å². The highest BCUT2D eigenvalue weighted by molar-refractivity contribution is 6.33. The highest BCUT2D eigenvalue weighted by Gasteiger charge is 2.19. The first-order valence-corrected chi connectivity index (χ1v) is 14.9. The molecule has 2 aromatic heterocycles. The highest BCUT2D eigenvalue weighted by Crippen LogP contribution is 2.40. The summed E-state index contributed by atoms with van der Waals surface area (Å²) in [5.41, 5.74) is 8.16. The van der Waals surface area contributed by atoms with E-state index in [1.165, 1.54) is 0 Å². The highest BCUT2D eigenvalue weighted by atomic mass is 35.5. The van der Waals surface area contributed by atoms with Crippen molar-refractivity contribution in [3.05, 3.63) is 157 Å². The number of benzene rings is 6. The third-order valence-electron chi connectivity index (χ3n) is 7.88. The molecule has 0 aliphatic heterocycles. The van der Waals surface area contributed by atoms with E-state index >= 15 is 0 Å². The SMILES string of the molecule is Clc1cc(-c2cccc(-c3nc(-c4ccccc4)nc(-c4ccccc4)n3)c2)c2c(c1)c1ccccc1n2-c1ccccc1. The molecule has 0 radical (unpaired) electrons. The van der Waals surface area contributed by atoms with Gasteiger partial charge in [0, 0.05) is 43.7 Å². The second-order valence-corrected chi connectivity index (χ2v) is 11.1. The van der Waals surface area contributed by atoms with Crippen LogP contribution in [0.2, 0.25) is 5.02 Å². The van der Waals surface area contributed by atoms with Gasteiger partial charge < -0.3 is 4.57 Å². The van der Waals surface area contributed by atoms with Gasteiger partial charge in [0.15, 0.2) is 17.5 Å². The van der Waals surface area contributed by atoms with Crippen LogP contribution in [0.5, 0.6) is 0 Å². The molecule has 2 heterocycles. The Bertz CT molecular complexity index is 2220. The Morgan fingerprint density at radius 1 is 0.432 bits per heavy atom. The standard InChI is InChI=1S/C39H25ClN4/c40-30-24-33(36-34(25-30)32-21-10-11-22-35(32)44(36)31-19-8-3-9-20-31)28-17-12-18-29(23-28)39-42-37(26-13-4-1-5-14-26)41-38(43-39)27-15-6-2-7-16-27/h1-25H. The first-order chi connectivity index (χ1) is 21.7. The summed E-state index contributed by atoms with van der Waals surface area (Å²) in [5.74, 6) is 1.88. The molecular weight excluding hydrogens is 560 g/mol. The molecule has 0 aliphatic carbocycles. The minimum absolute atomic E-state index is 0.612. The van der Waals surface area contributed by atoms with E-state index < -0.39 is 0 Å². The van der Waals surface area contributed by atoms with Crippen LogP contribution < -0.4 is 0 Å². The van der Waals surface area contributed by atoms with Gasteiger partial charge >= 0.3 is 0 Å². The van der Waals surface area contributed by atoms with Crippen molar-refractivity contribution in [2.75, 3.05) is 0 Å². The molecule has 5 heteroatoms. The summed E-state index contributed by atoms with van der Waals surface area (Å²) in [5, 5.41) is 2.95. The molecule has 0 aliphatic rings. The normalized spacial score (nSPS) is 11.3. The summed E-state index contributed by atoms with van der Waals surface area (Å²) in [6, 6.07) is 51.5. The summed E-state index contributed by atoms with van der Waals surface area (Å²) in [6.45, 7) is 0. The number of fused-ring (bicyclic) bond motifs is 3. The molecule has 0 fully saturated rings. The molecule has 0 N–H and O–H groups in total. The largest absolute Gasteiger partial charge is 0.309 e.